The summed E-state index contributed by atoms with van der Waals surface area (Å²) < 4.78 is 0. The fourth-order valence-electron chi connectivity index (χ4n) is 3.75. The first-order valence-electron chi connectivity index (χ1n) is 10.3. The van der Waals surface area contributed by atoms with E-state index in [1.54, 1.807) is 0 Å². The second kappa shape index (κ2) is 10.5. The van der Waals surface area contributed by atoms with Crippen molar-refractivity contribution in [2.75, 3.05) is 19.6 Å². The van der Waals surface area contributed by atoms with E-state index in [0.717, 1.165) is 28.8 Å². The number of carbonyl (C=O) groups excluding carboxylic acids is 1. The number of rotatable bonds is 5. The molecule has 7 heteroatoms. The third-order valence-corrected chi connectivity index (χ3v) is 5.14. The van der Waals surface area contributed by atoms with Crippen molar-refractivity contribution in [2.24, 2.45) is 0 Å². The number of H-pyrrole nitrogens is 1. The van der Waals surface area contributed by atoms with Crippen molar-refractivity contribution < 1.29 is 14.7 Å². The molecule has 3 N–H and O–H groups in total. The number of hydrogen-bond acceptors (Lipinski definition) is 4. The molecular weight excluding hydrogens is 380 g/mol. The molecule has 0 radical (unpaired) electrons. The summed E-state index contributed by atoms with van der Waals surface area (Å²) in [4.78, 5) is 30.8. The van der Waals surface area contributed by atoms with Gasteiger partial charge in [0.15, 0.2) is 0 Å². The molecule has 1 amide bonds. The molecule has 0 bridgehead atoms. The highest BCUT2D eigenvalue weighted by Crippen LogP contribution is 2.23. The van der Waals surface area contributed by atoms with Gasteiger partial charge < -0.3 is 15.4 Å². The summed E-state index contributed by atoms with van der Waals surface area (Å²) in [7, 11) is 0. The minimum absolute atomic E-state index is 0.0967. The second-order valence-corrected chi connectivity index (χ2v) is 7.32. The number of aromatic amines is 1. The van der Waals surface area contributed by atoms with Crippen LogP contribution in [0.15, 0.2) is 42.5 Å². The molecule has 1 saturated heterocycles. The van der Waals surface area contributed by atoms with E-state index in [1.807, 2.05) is 25.1 Å². The maximum atomic E-state index is 12.0. The van der Waals surface area contributed by atoms with Gasteiger partial charge in [0.1, 0.15) is 11.3 Å². The topological polar surface area (TPSA) is 98.3 Å². The van der Waals surface area contributed by atoms with Crippen LogP contribution in [0.2, 0.25) is 0 Å². The average molecular weight is 409 g/mol. The Kier molecular flexibility index (Phi) is 7.57. The molecule has 2 aromatic heterocycles. The fourth-order valence-corrected chi connectivity index (χ4v) is 3.75. The molecule has 4 rings (SSSR count). The van der Waals surface area contributed by atoms with E-state index in [0.29, 0.717) is 12.2 Å². The van der Waals surface area contributed by atoms with Gasteiger partial charge in [0.05, 0.1) is 5.69 Å². The summed E-state index contributed by atoms with van der Waals surface area (Å²) in [6, 6.07) is 14.5. The van der Waals surface area contributed by atoms with Crippen LogP contribution in [-0.4, -0.2) is 52.0 Å². The highest BCUT2D eigenvalue weighted by Gasteiger charge is 2.12. The minimum atomic E-state index is -0.250. The lowest BCUT2D eigenvalue weighted by atomic mass is 10.1. The molecule has 7 nitrogen and oxygen atoms in total. The van der Waals surface area contributed by atoms with Crippen LogP contribution in [0, 0.1) is 0 Å². The van der Waals surface area contributed by atoms with Gasteiger partial charge in [0.25, 0.3) is 12.4 Å². The van der Waals surface area contributed by atoms with Crippen LogP contribution in [0.5, 0.6) is 0 Å². The molecular formula is C23H28N4O3. The van der Waals surface area contributed by atoms with Crippen molar-refractivity contribution in [3.05, 3.63) is 53.7 Å². The van der Waals surface area contributed by atoms with Crippen LogP contribution in [0.4, 0.5) is 0 Å². The van der Waals surface area contributed by atoms with Gasteiger partial charge in [-0.05, 0) is 62.7 Å². The predicted octanol–water partition coefficient (Wildman–Crippen LogP) is 3.67. The van der Waals surface area contributed by atoms with Gasteiger partial charge in [0.2, 0.25) is 0 Å². The number of nitrogens with zero attached hydrogens (tertiary/aromatic N) is 2. The van der Waals surface area contributed by atoms with Crippen molar-refractivity contribution in [2.45, 2.75) is 32.7 Å². The van der Waals surface area contributed by atoms with E-state index in [1.165, 1.54) is 37.9 Å². The summed E-state index contributed by atoms with van der Waals surface area (Å²) in [6.07, 6.45) is 3.96. The third kappa shape index (κ3) is 5.45. The zero-order chi connectivity index (χ0) is 21.3. The molecule has 0 unspecified atom stereocenters. The number of nitrogens with one attached hydrogen (secondary N) is 2. The molecule has 0 spiro atoms. The number of pyridine rings is 1. The van der Waals surface area contributed by atoms with E-state index in [9.17, 15) is 4.79 Å². The molecule has 1 aliphatic heterocycles. The number of carboxylic acid groups (broad SMARTS) is 1. The van der Waals surface area contributed by atoms with E-state index in [4.69, 9.17) is 14.9 Å². The van der Waals surface area contributed by atoms with Crippen molar-refractivity contribution in [1.29, 1.82) is 0 Å². The molecule has 3 aromatic rings. The third-order valence-electron chi connectivity index (χ3n) is 5.14. The molecule has 0 aliphatic carbocycles. The second-order valence-electron chi connectivity index (χ2n) is 7.32. The van der Waals surface area contributed by atoms with Crippen LogP contribution >= 0.6 is 0 Å². The van der Waals surface area contributed by atoms with Gasteiger partial charge in [-0.2, -0.15) is 0 Å². The number of likely N-dealkylation sites (tertiary alicyclic amines) is 1. The van der Waals surface area contributed by atoms with Gasteiger partial charge in [-0.1, -0.05) is 24.6 Å². The van der Waals surface area contributed by atoms with Gasteiger partial charge in [-0.3, -0.25) is 14.5 Å². The van der Waals surface area contributed by atoms with Gasteiger partial charge >= 0.3 is 0 Å². The fraction of sp³-hybridized carbons (Fsp3) is 0.348. The number of hydrogen-bond donors (Lipinski definition) is 3. The summed E-state index contributed by atoms with van der Waals surface area (Å²) in [5, 5.41) is 10.7. The van der Waals surface area contributed by atoms with Crippen LogP contribution in [0.3, 0.4) is 0 Å². The number of amides is 1. The van der Waals surface area contributed by atoms with Crippen molar-refractivity contribution in [3.8, 4) is 11.3 Å². The monoisotopic (exact) mass is 408 g/mol. The molecule has 3 heterocycles. The van der Waals surface area contributed by atoms with E-state index >= 15 is 0 Å². The van der Waals surface area contributed by atoms with Crippen LogP contribution in [0.1, 0.15) is 42.2 Å². The zero-order valence-electron chi connectivity index (χ0n) is 17.2. The van der Waals surface area contributed by atoms with E-state index in [2.05, 4.69) is 39.5 Å². The van der Waals surface area contributed by atoms with Crippen molar-refractivity contribution in [3.63, 3.8) is 0 Å². The van der Waals surface area contributed by atoms with Crippen LogP contribution < -0.4 is 5.32 Å². The molecule has 158 valence electrons. The van der Waals surface area contributed by atoms with Crippen molar-refractivity contribution in [1.82, 2.24) is 20.2 Å². The maximum absolute atomic E-state index is 12.0. The Balaban J connectivity index is 0.000000806. The lowest BCUT2D eigenvalue weighted by Crippen LogP contribution is -2.29. The predicted molar refractivity (Wildman–Crippen MR) is 117 cm³/mol. The summed E-state index contributed by atoms with van der Waals surface area (Å²) in [5.74, 6) is -0.0967. The quantitative estimate of drug-likeness (QED) is 0.560. The number of benzene rings is 1. The maximum Gasteiger partial charge on any atom is 0.290 e. The summed E-state index contributed by atoms with van der Waals surface area (Å²) in [6.45, 7) is 5.66. The van der Waals surface area contributed by atoms with Crippen LogP contribution in [-0.2, 0) is 11.3 Å². The first-order valence-corrected chi connectivity index (χ1v) is 10.3. The molecule has 1 aliphatic rings. The Morgan fingerprint density at radius 2 is 1.97 bits per heavy atom. The normalized spacial score (nSPS) is 14.0. The Labute approximate surface area is 176 Å². The molecule has 1 aromatic carbocycles. The number of aromatic nitrogens is 2. The van der Waals surface area contributed by atoms with E-state index in [-0.39, 0.29) is 12.4 Å². The van der Waals surface area contributed by atoms with Gasteiger partial charge in [-0.15, -0.1) is 0 Å². The highest BCUT2D eigenvalue weighted by atomic mass is 16.3. The largest absolute Gasteiger partial charge is 0.483 e. The lowest BCUT2D eigenvalue weighted by Gasteiger charge is -2.26. The zero-order valence-corrected chi connectivity index (χ0v) is 17.2. The Bertz CT molecular complexity index is 993. The van der Waals surface area contributed by atoms with E-state index < -0.39 is 0 Å². The molecule has 1 fully saturated rings. The lowest BCUT2D eigenvalue weighted by molar-refractivity contribution is -0.122. The summed E-state index contributed by atoms with van der Waals surface area (Å²) >= 11 is 0. The van der Waals surface area contributed by atoms with Gasteiger partial charge in [-0.25, -0.2) is 4.98 Å². The highest BCUT2D eigenvalue weighted by molar-refractivity contribution is 5.97. The first kappa shape index (κ1) is 21.5. The van der Waals surface area contributed by atoms with Crippen LogP contribution in [0.25, 0.3) is 22.3 Å². The molecule has 30 heavy (non-hydrogen) atoms. The minimum Gasteiger partial charge on any atom is -0.483 e. The Morgan fingerprint density at radius 3 is 2.70 bits per heavy atom. The van der Waals surface area contributed by atoms with Crippen molar-refractivity contribution >= 4 is 23.4 Å². The average Bonchev–Trinajstić information content (AvgIpc) is 3.19. The Morgan fingerprint density at radius 1 is 1.20 bits per heavy atom. The Hall–Kier alpha value is -3.19. The number of carbonyl (C=O) groups is 2. The number of fused-ring (bicyclic) bond motifs is 1. The standard InChI is InChI=1S/C22H26N4O.CH2O2/c1-2-23-22(27)20-14-18-9-10-19(24-21(18)25-20)17-8-6-7-16(13-17)15-26-11-4-3-5-12-26;2-1-3/h6-10,13-14H,2-5,11-12,15H2,1H3,(H,23,27)(H,24,25);1H,(H,2,3). The molecule has 0 atom stereocenters. The van der Waals surface area contributed by atoms with Gasteiger partial charge in [0, 0.05) is 24.0 Å². The smallest absolute Gasteiger partial charge is 0.290 e. The molecule has 0 saturated carbocycles. The summed E-state index contributed by atoms with van der Waals surface area (Å²) in [5.41, 5.74) is 4.66. The first-order chi connectivity index (χ1) is 14.6. The SMILES string of the molecule is CCNC(=O)c1cc2ccc(-c3cccc(CN4CCCCC4)c3)nc2[nH]1.O=CO. The number of piperidine rings is 1.